The minimum Gasteiger partial charge on any atom is -0.484 e. The Morgan fingerprint density at radius 3 is 2.64 bits per heavy atom. The molecule has 2 atom stereocenters. The molecule has 2 aromatic heterocycles. The molecule has 10 heteroatoms. The number of aromatic nitrogens is 4. The van der Waals surface area contributed by atoms with Crippen LogP contribution in [0.4, 0.5) is 0 Å². The molecule has 2 aromatic rings. The highest BCUT2D eigenvalue weighted by molar-refractivity contribution is 7.99. The highest BCUT2D eigenvalue weighted by Crippen LogP contribution is 2.23. The van der Waals surface area contributed by atoms with Gasteiger partial charge in [-0.1, -0.05) is 11.8 Å². The Bertz CT molecular complexity index is 799. The van der Waals surface area contributed by atoms with Gasteiger partial charge in [0.1, 0.15) is 30.4 Å². The number of nitrogens with zero attached hydrogens (tertiary/aromatic N) is 5. The first-order chi connectivity index (χ1) is 13.6. The van der Waals surface area contributed by atoms with E-state index in [0.29, 0.717) is 37.8 Å². The predicted molar refractivity (Wildman–Crippen MR) is 101 cm³/mol. The van der Waals surface area contributed by atoms with E-state index < -0.39 is 0 Å². The summed E-state index contributed by atoms with van der Waals surface area (Å²) in [5.74, 6) is 1.07. The first-order valence-corrected chi connectivity index (χ1v) is 10.1. The van der Waals surface area contributed by atoms with Crippen molar-refractivity contribution in [1.29, 1.82) is 0 Å². The van der Waals surface area contributed by atoms with Crippen molar-refractivity contribution in [3.63, 3.8) is 0 Å². The van der Waals surface area contributed by atoms with E-state index in [1.807, 2.05) is 26.1 Å². The zero-order valence-corrected chi connectivity index (χ0v) is 16.7. The largest absolute Gasteiger partial charge is 0.484 e. The van der Waals surface area contributed by atoms with Gasteiger partial charge >= 0.3 is 0 Å². The molecule has 0 radical (unpaired) electrons. The molecule has 4 rings (SSSR count). The van der Waals surface area contributed by atoms with Gasteiger partial charge in [0.2, 0.25) is 5.91 Å². The number of carbonyl (C=O) groups is 1. The molecule has 2 aliphatic heterocycles. The van der Waals surface area contributed by atoms with Gasteiger partial charge in [0, 0.05) is 25.8 Å². The van der Waals surface area contributed by atoms with Crippen LogP contribution >= 0.6 is 11.8 Å². The fraction of sp³-hybridized carbons (Fsp3) is 0.556. The Morgan fingerprint density at radius 2 is 2.04 bits per heavy atom. The molecule has 0 spiro atoms. The van der Waals surface area contributed by atoms with E-state index >= 15 is 0 Å². The smallest absolute Gasteiger partial charge is 0.233 e. The van der Waals surface area contributed by atoms with Crippen LogP contribution in [0, 0.1) is 6.92 Å². The third-order valence-electron chi connectivity index (χ3n) is 4.74. The van der Waals surface area contributed by atoms with Gasteiger partial charge in [0.25, 0.3) is 0 Å². The van der Waals surface area contributed by atoms with Crippen molar-refractivity contribution in [2.24, 2.45) is 7.05 Å². The van der Waals surface area contributed by atoms with Crippen LogP contribution in [0.1, 0.15) is 5.69 Å². The highest BCUT2D eigenvalue weighted by Gasteiger charge is 2.39. The standard InChI is InChI=1S/C18H23N5O4S/c1-12-3-4-13(5-19-12)27-14-8-25-15-6-23(7-16(15)26-9-14)17(24)10-28-18-21-20-11-22(18)2/h3-5,11,14-16H,6-10H2,1-2H3/t15-,16-/m0/s1. The molecule has 0 aliphatic carbocycles. The summed E-state index contributed by atoms with van der Waals surface area (Å²) in [5.41, 5.74) is 0.942. The minimum atomic E-state index is -0.189. The molecule has 150 valence electrons. The quantitative estimate of drug-likeness (QED) is 0.671. The topological polar surface area (TPSA) is 91.6 Å². The molecule has 0 N–H and O–H groups in total. The van der Waals surface area contributed by atoms with Gasteiger partial charge in [-0.3, -0.25) is 9.78 Å². The van der Waals surface area contributed by atoms with Gasteiger partial charge in [0.05, 0.1) is 25.2 Å². The molecule has 9 nitrogen and oxygen atoms in total. The van der Waals surface area contributed by atoms with Gasteiger partial charge in [-0.25, -0.2) is 0 Å². The molecular formula is C18H23N5O4S. The molecular weight excluding hydrogens is 382 g/mol. The number of hydrogen-bond acceptors (Lipinski definition) is 8. The van der Waals surface area contributed by atoms with Crippen molar-refractivity contribution in [3.05, 3.63) is 30.4 Å². The van der Waals surface area contributed by atoms with Crippen LogP contribution in [0.25, 0.3) is 0 Å². The third-order valence-corrected chi connectivity index (χ3v) is 5.76. The number of hydrogen-bond donors (Lipinski definition) is 0. The monoisotopic (exact) mass is 405 g/mol. The lowest BCUT2D eigenvalue weighted by Crippen LogP contribution is -2.33. The van der Waals surface area contributed by atoms with Crippen molar-refractivity contribution in [3.8, 4) is 5.75 Å². The maximum absolute atomic E-state index is 12.5. The van der Waals surface area contributed by atoms with Gasteiger partial charge in [-0.2, -0.15) is 0 Å². The lowest BCUT2D eigenvalue weighted by molar-refractivity contribution is -0.128. The Hall–Kier alpha value is -2.17. The Labute approximate surface area is 167 Å². The number of likely N-dealkylation sites (tertiary alicyclic amines) is 1. The second-order valence-electron chi connectivity index (χ2n) is 6.93. The van der Waals surface area contributed by atoms with Gasteiger partial charge in [0.15, 0.2) is 5.16 Å². The van der Waals surface area contributed by atoms with E-state index in [4.69, 9.17) is 14.2 Å². The summed E-state index contributed by atoms with van der Waals surface area (Å²) in [6.45, 7) is 3.83. The average Bonchev–Trinajstić information content (AvgIpc) is 3.25. The van der Waals surface area contributed by atoms with E-state index in [1.54, 1.807) is 22.0 Å². The molecule has 28 heavy (non-hydrogen) atoms. The summed E-state index contributed by atoms with van der Waals surface area (Å²) in [4.78, 5) is 18.5. The van der Waals surface area contributed by atoms with E-state index in [1.165, 1.54) is 11.8 Å². The fourth-order valence-electron chi connectivity index (χ4n) is 3.18. The normalized spacial score (nSPS) is 22.7. The van der Waals surface area contributed by atoms with Gasteiger partial charge in [-0.15, -0.1) is 10.2 Å². The summed E-state index contributed by atoms with van der Waals surface area (Å²) in [6.07, 6.45) is 2.87. The summed E-state index contributed by atoms with van der Waals surface area (Å²) in [7, 11) is 1.85. The average molecular weight is 405 g/mol. The highest BCUT2D eigenvalue weighted by atomic mass is 32.2. The van der Waals surface area contributed by atoms with Crippen LogP contribution in [0.2, 0.25) is 0 Å². The van der Waals surface area contributed by atoms with Crippen LogP contribution in [0.5, 0.6) is 5.75 Å². The van der Waals surface area contributed by atoms with Crippen LogP contribution in [0.3, 0.4) is 0 Å². The van der Waals surface area contributed by atoms with Crippen LogP contribution in [-0.4, -0.2) is 80.9 Å². The van der Waals surface area contributed by atoms with E-state index in [-0.39, 0.29) is 24.2 Å². The number of fused-ring (bicyclic) bond motifs is 1. The van der Waals surface area contributed by atoms with Crippen molar-refractivity contribution >= 4 is 17.7 Å². The Balaban J connectivity index is 1.26. The molecule has 1 amide bonds. The van der Waals surface area contributed by atoms with Crippen molar-refractivity contribution in [1.82, 2.24) is 24.6 Å². The summed E-state index contributed by atoms with van der Waals surface area (Å²) >= 11 is 1.38. The summed E-state index contributed by atoms with van der Waals surface area (Å²) in [5, 5.41) is 8.53. The number of amides is 1. The lowest BCUT2D eigenvalue weighted by Gasteiger charge is -2.19. The lowest BCUT2D eigenvalue weighted by atomic mass is 10.3. The van der Waals surface area contributed by atoms with E-state index in [0.717, 1.165) is 10.9 Å². The molecule has 2 saturated heterocycles. The number of rotatable bonds is 5. The maximum Gasteiger partial charge on any atom is 0.233 e. The minimum absolute atomic E-state index is 0.0480. The molecule has 0 aromatic carbocycles. The van der Waals surface area contributed by atoms with Crippen molar-refractivity contribution in [2.75, 3.05) is 32.1 Å². The second kappa shape index (κ2) is 8.46. The first-order valence-electron chi connectivity index (χ1n) is 9.15. The molecule has 2 fully saturated rings. The number of ether oxygens (including phenoxy) is 3. The first kappa shape index (κ1) is 19.2. The zero-order chi connectivity index (χ0) is 19.5. The SMILES string of the molecule is Cc1ccc(OC2CO[C@H]3CN(C(=O)CSc4nncn4C)C[C@@H]3OC2)cn1. The van der Waals surface area contributed by atoms with E-state index in [9.17, 15) is 4.79 Å². The summed E-state index contributed by atoms with van der Waals surface area (Å²) in [6, 6.07) is 3.80. The predicted octanol–water partition coefficient (Wildman–Crippen LogP) is 0.684. The third kappa shape index (κ3) is 4.45. The Morgan fingerprint density at radius 1 is 1.29 bits per heavy atom. The number of pyridine rings is 1. The number of aryl methyl sites for hydroxylation is 2. The molecule has 2 aliphatic rings. The van der Waals surface area contributed by atoms with Crippen molar-refractivity contribution < 1.29 is 19.0 Å². The van der Waals surface area contributed by atoms with Crippen LogP contribution in [0.15, 0.2) is 29.8 Å². The molecule has 0 saturated carbocycles. The zero-order valence-electron chi connectivity index (χ0n) is 15.9. The number of carbonyl (C=O) groups excluding carboxylic acids is 1. The second-order valence-corrected chi connectivity index (χ2v) is 7.87. The molecule has 0 bridgehead atoms. The van der Waals surface area contributed by atoms with Crippen LogP contribution < -0.4 is 4.74 Å². The number of thioether (sulfide) groups is 1. The van der Waals surface area contributed by atoms with Crippen molar-refractivity contribution in [2.45, 2.75) is 30.4 Å². The van der Waals surface area contributed by atoms with Gasteiger partial charge < -0.3 is 23.7 Å². The molecule has 4 heterocycles. The van der Waals surface area contributed by atoms with Crippen LogP contribution in [-0.2, 0) is 21.3 Å². The van der Waals surface area contributed by atoms with Gasteiger partial charge in [-0.05, 0) is 19.1 Å². The Kier molecular flexibility index (Phi) is 5.79. The van der Waals surface area contributed by atoms with E-state index in [2.05, 4.69) is 15.2 Å². The maximum atomic E-state index is 12.5. The summed E-state index contributed by atoms with van der Waals surface area (Å²) < 4.78 is 19.7. The fourth-order valence-corrected chi connectivity index (χ4v) is 3.97. The molecule has 0 unspecified atom stereocenters.